The maximum atomic E-state index is 12.5. The van der Waals surface area contributed by atoms with E-state index in [0.29, 0.717) is 89.4 Å². The molecule has 0 N–H and O–H groups in total. The van der Waals surface area contributed by atoms with Gasteiger partial charge in [0, 0.05) is 0 Å². The summed E-state index contributed by atoms with van der Waals surface area (Å²) in [5.74, 6) is -1.86. The maximum Gasteiger partial charge on any atom is 2.00 e. The van der Waals surface area contributed by atoms with E-state index < -0.39 is 23.9 Å². The molecule has 5 heterocycles. The molecule has 0 fully saturated rings. The van der Waals surface area contributed by atoms with Gasteiger partial charge in [-0.3, -0.25) is 0 Å². The monoisotopic (exact) mass is 903 g/mol. The smallest absolute Gasteiger partial charge is 0.657 e. The molecule has 0 spiro atoms. The van der Waals surface area contributed by atoms with Crippen molar-refractivity contribution < 1.29 is 54.9 Å². The van der Waals surface area contributed by atoms with Crippen molar-refractivity contribution in [2.45, 2.75) is 0 Å². The minimum atomic E-state index is -0.464. The number of esters is 4. The zero-order valence-corrected chi connectivity index (χ0v) is 36.3. The molecular formula is C52H36CoN4O8. The molecule has 321 valence electrons. The van der Waals surface area contributed by atoms with Crippen LogP contribution in [0.3, 0.4) is 0 Å². The Kier molecular flexibility index (Phi) is 12.2. The molecule has 2 aliphatic rings. The second-order valence-corrected chi connectivity index (χ2v) is 14.6. The Hall–Kier alpha value is -8.13. The van der Waals surface area contributed by atoms with Gasteiger partial charge in [0.05, 0.1) is 73.5 Å². The van der Waals surface area contributed by atoms with Crippen molar-refractivity contribution in [2.24, 2.45) is 0 Å². The molecule has 13 heteroatoms. The van der Waals surface area contributed by atoms with Crippen LogP contribution in [-0.4, -0.2) is 62.3 Å². The average Bonchev–Trinajstić information content (AvgIpc) is 4.20. The first kappa shape index (κ1) is 43.5. The topological polar surface area (TPSA) is 159 Å². The SMILES string of the molecule is COC(=O)c1ccc(-c2c3nc(c(-c4ccc(C(=O)OC)cc4)c4ccc([n-]4)c(-c4ccc(C(=O)OC)cc4)c4nc(c(-c5ccc(C(=O)OC)cc5)c5ccc2[n-]5)C=C4)C=C3)cc1.[Co+2]. The Bertz CT molecular complexity index is 2830. The molecule has 0 unspecified atom stereocenters. The number of carbonyl (C=O) groups excluding carboxylic acids is 4. The van der Waals surface area contributed by atoms with E-state index in [1.165, 1.54) is 28.4 Å². The van der Waals surface area contributed by atoms with Crippen molar-refractivity contribution in [2.75, 3.05) is 28.4 Å². The summed E-state index contributed by atoms with van der Waals surface area (Å²) in [4.78, 5) is 70.9. The number of fused-ring (bicyclic) bond motifs is 8. The van der Waals surface area contributed by atoms with Gasteiger partial charge >= 0.3 is 40.7 Å². The number of methoxy groups -OCH3 is 4. The van der Waals surface area contributed by atoms with Crippen molar-refractivity contribution in [1.82, 2.24) is 19.9 Å². The summed E-state index contributed by atoms with van der Waals surface area (Å²) in [5.41, 5.74) is 12.1. The average molecular weight is 904 g/mol. The molecule has 2 aliphatic heterocycles. The fraction of sp³-hybridized carbons (Fsp3) is 0.0769. The molecule has 7 aromatic rings. The molecule has 1 radical (unpaired) electrons. The van der Waals surface area contributed by atoms with Crippen LogP contribution in [0, 0.1) is 0 Å². The normalized spacial score (nSPS) is 11.4. The van der Waals surface area contributed by atoms with Gasteiger partial charge in [-0.2, -0.15) is 0 Å². The van der Waals surface area contributed by atoms with Crippen molar-refractivity contribution in [1.29, 1.82) is 0 Å². The first-order valence-electron chi connectivity index (χ1n) is 20.0. The quantitative estimate of drug-likeness (QED) is 0.105. The van der Waals surface area contributed by atoms with Gasteiger partial charge in [0.25, 0.3) is 0 Å². The number of hydrogen-bond acceptors (Lipinski definition) is 10. The Morgan fingerprint density at radius 1 is 0.338 bits per heavy atom. The fourth-order valence-electron chi connectivity index (χ4n) is 7.83. The summed E-state index contributed by atoms with van der Waals surface area (Å²) < 4.78 is 19.9. The van der Waals surface area contributed by atoms with E-state index in [0.717, 1.165) is 22.3 Å². The van der Waals surface area contributed by atoms with Gasteiger partial charge in [0.1, 0.15) is 0 Å². The third-order valence-electron chi connectivity index (χ3n) is 11.0. The summed E-state index contributed by atoms with van der Waals surface area (Å²) in [6.45, 7) is 0. The number of carbonyl (C=O) groups is 4. The Labute approximate surface area is 382 Å². The van der Waals surface area contributed by atoms with Crippen LogP contribution in [0.2, 0.25) is 0 Å². The number of rotatable bonds is 8. The molecule has 3 aromatic heterocycles. The molecule has 12 nitrogen and oxygen atoms in total. The van der Waals surface area contributed by atoms with Crippen LogP contribution in [0.1, 0.15) is 64.2 Å². The maximum absolute atomic E-state index is 12.5. The Morgan fingerprint density at radius 3 is 0.723 bits per heavy atom. The summed E-state index contributed by atoms with van der Waals surface area (Å²) in [5, 5.41) is 0. The van der Waals surface area contributed by atoms with Crippen LogP contribution in [0.15, 0.2) is 121 Å². The van der Waals surface area contributed by atoms with Crippen LogP contribution < -0.4 is 9.97 Å². The van der Waals surface area contributed by atoms with Gasteiger partial charge in [-0.05, 0) is 117 Å². The van der Waals surface area contributed by atoms with Gasteiger partial charge in [-0.25, -0.2) is 29.1 Å². The number of hydrogen-bond donors (Lipinski definition) is 0. The molecule has 0 amide bonds. The van der Waals surface area contributed by atoms with Crippen LogP contribution in [0.25, 0.3) is 90.9 Å². The third-order valence-corrected chi connectivity index (χ3v) is 11.0. The van der Waals surface area contributed by atoms with E-state index in [9.17, 15) is 19.2 Å². The second-order valence-electron chi connectivity index (χ2n) is 14.6. The molecule has 9 rings (SSSR count). The molecular weight excluding hydrogens is 868 g/mol. The minimum Gasteiger partial charge on any atom is -0.657 e. The fourth-order valence-corrected chi connectivity index (χ4v) is 7.83. The predicted octanol–water partition coefficient (Wildman–Crippen LogP) is 9.73. The number of benzene rings is 4. The van der Waals surface area contributed by atoms with Crippen LogP contribution in [-0.2, 0) is 35.7 Å². The molecule has 0 saturated carbocycles. The molecule has 65 heavy (non-hydrogen) atoms. The van der Waals surface area contributed by atoms with Gasteiger partial charge in [-0.15, -0.1) is 22.1 Å². The van der Waals surface area contributed by atoms with E-state index >= 15 is 0 Å². The Morgan fingerprint density at radius 2 is 0.538 bits per heavy atom. The van der Waals surface area contributed by atoms with Crippen molar-refractivity contribution in [3.05, 3.63) is 166 Å². The Balaban J connectivity index is 0.00000576. The first-order valence-corrected chi connectivity index (χ1v) is 20.0. The number of aromatic nitrogens is 4. The van der Waals surface area contributed by atoms with Crippen LogP contribution in [0.5, 0.6) is 0 Å². The van der Waals surface area contributed by atoms with Crippen molar-refractivity contribution in [3.8, 4) is 44.5 Å². The molecule has 4 aromatic carbocycles. The minimum absolute atomic E-state index is 0. The summed E-state index contributed by atoms with van der Waals surface area (Å²) in [6, 6.07) is 35.9. The molecule has 8 bridgehead atoms. The summed E-state index contributed by atoms with van der Waals surface area (Å²) >= 11 is 0. The number of ether oxygens (including phenoxy) is 4. The molecule has 0 saturated heterocycles. The van der Waals surface area contributed by atoms with E-state index in [1.807, 2.05) is 97.1 Å². The number of nitrogens with zero attached hydrogens (tertiary/aromatic N) is 4. The van der Waals surface area contributed by atoms with Crippen LogP contribution in [0.4, 0.5) is 0 Å². The van der Waals surface area contributed by atoms with Gasteiger partial charge < -0.3 is 28.9 Å². The summed E-state index contributed by atoms with van der Waals surface area (Å²) in [7, 11) is 5.35. The van der Waals surface area contributed by atoms with Crippen LogP contribution >= 0.6 is 0 Å². The second kappa shape index (κ2) is 18.3. The van der Waals surface area contributed by atoms with E-state index in [4.69, 9.17) is 38.9 Å². The van der Waals surface area contributed by atoms with Gasteiger partial charge in [-0.1, -0.05) is 72.8 Å². The standard InChI is InChI=1S/C52H37N4O8.Co/c1-61-49(57)33-13-5-29(6-14-33)45-37-21-23-39(53-37)46(30-7-15-34(16-8-30)50(58)62-2)41-25-27-43(55-41)48(32-11-19-36(20-12-32)52(60)64-4)44-28-26-42(56-44)47(40-24-22-38(45)54-40)31-9-17-35(18-10-31)51(59)63-3;/h5-28H,1-4H3,(H-,53,54,55,56,57,58,59,60);/q-1;+2/p-1. The van der Waals surface area contributed by atoms with Crippen molar-refractivity contribution >= 4 is 70.2 Å². The summed E-state index contributed by atoms with van der Waals surface area (Å²) in [6.07, 6.45) is 7.66. The molecule has 0 atom stereocenters. The predicted molar refractivity (Wildman–Crippen MR) is 244 cm³/mol. The van der Waals surface area contributed by atoms with E-state index in [-0.39, 0.29) is 16.8 Å². The largest absolute Gasteiger partial charge is 2.00 e. The van der Waals surface area contributed by atoms with Crippen molar-refractivity contribution in [3.63, 3.8) is 0 Å². The van der Waals surface area contributed by atoms with Gasteiger partial charge in [0.15, 0.2) is 0 Å². The van der Waals surface area contributed by atoms with Gasteiger partial charge in [0.2, 0.25) is 0 Å². The molecule has 0 aliphatic carbocycles. The zero-order valence-electron chi connectivity index (χ0n) is 35.2. The third kappa shape index (κ3) is 8.29. The first-order chi connectivity index (χ1) is 31.2. The van der Waals surface area contributed by atoms with E-state index in [1.54, 1.807) is 48.5 Å². The zero-order chi connectivity index (χ0) is 44.5. The van der Waals surface area contributed by atoms with E-state index in [2.05, 4.69) is 0 Å².